The van der Waals surface area contributed by atoms with Gasteiger partial charge in [-0.15, -0.1) is 11.3 Å². The molecule has 0 fully saturated rings. The SMILES string of the molecule is CCN(Cc1ccc(C(=O)N(C)C)cc1)C(=O)Cc1csc(-c2ccsc2)n1. The molecule has 0 saturated carbocycles. The monoisotopic (exact) mass is 413 g/mol. The highest BCUT2D eigenvalue weighted by Crippen LogP contribution is 2.26. The van der Waals surface area contributed by atoms with Gasteiger partial charge in [0.05, 0.1) is 12.1 Å². The fourth-order valence-electron chi connectivity index (χ4n) is 2.78. The third-order valence-electron chi connectivity index (χ3n) is 4.37. The standard InChI is InChI=1S/C21H23N3O2S2/c1-4-24(12-15-5-7-16(8-6-15)21(26)23(2)3)19(25)11-18-14-28-20(22-18)17-9-10-27-13-17/h5-10,13-14H,4,11-12H2,1-3H3. The largest absolute Gasteiger partial charge is 0.345 e. The lowest BCUT2D eigenvalue weighted by atomic mass is 10.1. The highest BCUT2D eigenvalue weighted by molar-refractivity contribution is 7.14. The van der Waals surface area contributed by atoms with Crippen LogP contribution in [0.4, 0.5) is 0 Å². The Bertz CT molecular complexity index is 931. The number of benzene rings is 1. The lowest BCUT2D eigenvalue weighted by molar-refractivity contribution is -0.130. The summed E-state index contributed by atoms with van der Waals surface area (Å²) in [5.74, 6) is 0.0260. The van der Waals surface area contributed by atoms with E-state index in [-0.39, 0.29) is 11.8 Å². The number of rotatable bonds is 7. The second-order valence-corrected chi connectivity index (χ2v) is 8.28. The molecular formula is C21H23N3O2S2. The zero-order valence-corrected chi connectivity index (χ0v) is 17.8. The molecule has 0 unspecified atom stereocenters. The first-order valence-electron chi connectivity index (χ1n) is 9.03. The Labute approximate surface area is 173 Å². The minimum Gasteiger partial charge on any atom is -0.345 e. The average molecular weight is 414 g/mol. The predicted molar refractivity (Wildman–Crippen MR) is 115 cm³/mol. The summed E-state index contributed by atoms with van der Waals surface area (Å²) in [6.45, 7) is 3.12. The third kappa shape index (κ3) is 4.85. The summed E-state index contributed by atoms with van der Waals surface area (Å²) in [5, 5.41) is 7.00. The number of carbonyl (C=O) groups excluding carboxylic acids is 2. The number of thiophene rings is 1. The van der Waals surface area contributed by atoms with E-state index < -0.39 is 0 Å². The van der Waals surface area contributed by atoms with E-state index in [4.69, 9.17) is 0 Å². The van der Waals surface area contributed by atoms with Gasteiger partial charge in [-0.1, -0.05) is 12.1 Å². The zero-order valence-electron chi connectivity index (χ0n) is 16.2. The van der Waals surface area contributed by atoms with Crippen molar-refractivity contribution in [1.29, 1.82) is 0 Å². The molecular weight excluding hydrogens is 390 g/mol. The van der Waals surface area contributed by atoms with Gasteiger partial charge in [0.1, 0.15) is 5.01 Å². The number of carbonyl (C=O) groups is 2. The van der Waals surface area contributed by atoms with Gasteiger partial charge >= 0.3 is 0 Å². The Balaban J connectivity index is 1.63. The Morgan fingerprint density at radius 2 is 1.82 bits per heavy atom. The molecule has 1 aromatic carbocycles. The van der Waals surface area contributed by atoms with Gasteiger partial charge in [0, 0.05) is 49.1 Å². The van der Waals surface area contributed by atoms with Gasteiger partial charge in [-0.3, -0.25) is 9.59 Å². The molecule has 2 aromatic heterocycles. The summed E-state index contributed by atoms with van der Waals surface area (Å²) in [7, 11) is 3.46. The molecule has 0 atom stereocenters. The van der Waals surface area contributed by atoms with Crippen molar-refractivity contribution < 1.29 is 9.59 Å². The van der Waals surface area contributed by atoms with Crippen LogP contribution in [-0.2, 0) is 17.8 Å². The van der Waals surface area contributed by atoms with Crippen molar-refractivity contribution in [1.82, 2.24) is 14.8 Å². The zero-order chi connectivity index (χ0) is 20.1. The predicted octanol–water partition coefficient (Wildman–Crippen LogP) is 4.16. The van der Waals surface area contributed by atoms with E-state index in [2.05, 4.69) is 10.4 Å². The summed E-state index contributed by atoms with van der Waals surface area (Å²) < 4.78 is 0. The quantitative estimate of drug-likeness (QED) is 0.584. The molecule has 7 heteroatoms. The van der Waals surface area contributed by atoms with Gasteiger partial charge in [-0.2, -0.15) is 11.3 Å². The van der Waals surface area contributed by atoms with Crippen molar-refractivity contribution in [2.24, 2.45) is 0 Å². The first-order valence-corrected chi connectivity index (χ1v) is 10.9. The van der Waals surface area contributed by atoms with Crippen LogP contribution in [0.15, 0.2) is 46.5 Å². The van der Waals surface area contributed by atoms with E-state index in [1.807, 2.05) is 52.9 Å². The van der Waals surface area contributed by atoms with Crippen LogP contribution in [0.2, 0.25) is 0 Å². The topological polar surface area (TPSA) is 53.5 Å². The fourth-order valence-corrected chi connectivity index (χ4v) is 4.31. The molecule has 0 spiro atoms. The number of nitrogens with zero attached hydrogens (tertiary/aromatic N) is 3. The van der Waals surface area contributed by atoms with Gasteiger partial charge < -0.3 is 9.80 Å². The highest BCUT2D eigenvalue weighted by Gasteiger charge is 2.16. The van der Waals surface area contributed by atoms with Crippen LogP contribution in [0.25, 0.3) is 10.6 Å². The Kier molecular flexibility index (Phi) is 6.59. The van der Waals surface area contributed by atoms with Crippen LogP contribution in [0.1, 0.15) is 28.5 Å². The first-order chi connectivity index (χ1) is 13.5. The molecule has 0 N–H and O–H groups in total. The van der Waals surface area contributed by atoms with Crippen LogP contribution in [0.5, 0.6) is 0 Å². The van der Waals surface area contributed by atoms with E-state index in [1.54, 1.807) is 41.7 Å². The average Bonchev–Trinajstić information content (AvgIpc) is 3.37. The molecule has 3 rings (SSSR count). The molecule has 0 saturated heterocycles. The van der Waals surface area contributed by atoms with Crippen molar-refractivity contribution in [2.75, 3.05) is 20.6 Å². The maximum atomic E-state index is 12.7. The van der Waals surface area contributed by atoms with E-state index in [9.17, 15) is 9.59 Å². The van der Waals surface area contributed by atoms with Crippen molar-refractivity contribution in [3.05, 3.63) is 63.3 Å². The van der Waals surface area contributed by atoms with E-state index in [0.717, 1.165) is 21.8 Å². The fraction of sp³-hybridized carbons (Fsp3) is 0.286. The number of hydrogen-bond acceptors (Lipinski definition) is 5. The van der Waals surface area contributed by atoms with Crippen molar-refractivity contribution in [3.63, 3.8) is 0 Å². The first kappa shape index (κ1) is 20.2. The lowest BCUT2D eigenvalue weighted by Crippen LogP contribution is -2.31. The molecule has 0 bridgehead atoms. The van der Waals surface area contributed by atoms with Crippen LogP contribution in [0, 0.1) is 0 Å². The number of amides is 2. The molecule has 2 heterocycles. The molecule has 2 amide bonds. The van der Waals surface area contributed by atoms with Crippen molar-refractivity contribution in [3.8, 4) is 10.6 Å². The molecule has 3 aromatic rings. The van der Waals surface area contributed by atoms with E-state index >= 15 is 0 Å². The molecule has 0 aliphatic carbocycles. The van der Waals surface area contributed by atoms with Gasteiger partial charge in [-0.25, -0.2) is 4.98 Å². The van der Waals surface area contributed by atoms with Crippen LogP contribution < -0.4 is 0 Å². The highest BCUT2D eigenvalue weighted by atomic mass is 32.1. The summed E-state index contributed by atoms with van der Waals surface area (Å²) in [6, 6.07) is 9.47. The van der Waals surface area contributed by atoms with Crippen LogP contribution >= 0.6 is 22.7 Å². The maximum absolute atomic E-state index is 12.7. The Morgan fingerprint density at radius 3 is 2.43 bits per heavy atom. The Hall–Kier alpha value is -2.51. The number of thiazole rings is 1. The minimum absolute atomic E-state index is 0.0278. The molecule has 28 heavy (non-hydrogen) atoms. The van der Waals surface area contributed by atoms with Gasteiger partial charge in [-0.05, 0) is 36.1 Å². The van der Waals surface area contributed by atoms with E-state index in [0.29, 0.717) is 25.1 Å². The Morgan fingerprint density at radius 1 is 1.07 bits per heavy atom. The normalized spacial score (nSPS) is 10.7. The summed E-state index contributed by atoms with van der Waals surface area (Å²) in [4.78, 5) is 32.7. The lowest BCUT2D eigenvalue weighted by Gasteiger charge is -2.21. The molecule has 5 nitrogen and oxygen atoms in total. The van der Waals surface area contributed by atoms with E-state index in [1.165, 1.54) is 0 Å². The van der Waals surface area contributed by atoms with Gasteiger partial charge in [0.15, 0.2) is 0 Å². The van der Waals surface area contributed by atoms with Gasteiger partial charge in [0.2, 0.25) is 5.91 Å². The number of likely N-dealkylation sites (N-methyl/N-ethyl adjacent to an activating group) is 1. The van der Waals surface area contributed by atoms with Crippen molar-refractivity contribution in [2.45, 2.75) is 19.9 Å². The maximum Gasteiger partial charge on any atom is 0.253 e. The van der Waals surface area contributed by atoms with Crippen molar-refractivity contribution >= 4 is 34.5 Å². The molecule has 0 radical (unpaired) electrons. The third-order valence-corrected chi connectivity index (χ3v) is 5.99. The second-order valence-electron chi connectivity index (χ2n) is 6.64. The van der Waals surface area contributed by atoms with Gasteiger partial charge in [0.25, 0.3) is 5.91 Å². The summed E-state index contributed by atoms with van der Waals surface area (Å²) >= 11 is 3.21. The van der Waals surface area contributed by atoms with Crippen LogP contribution in [-0.4, -0.2) is 47.2 Å². The summed E-state index contributed by atoms with van der Waals surface area (Å²) in [6.07, 6.45) is 0.297. The second kappa shape index (κ2) is 9.12. The number of aromatic nitrogens is 1. The molecule has 0 aliphatic rings. The van der Waals surface area contributed by atoms with Crippen LogP contribution in [0.3, 0.4) is 0 Å². The minimum atomic E-state index is -0.0278. The summed E-state index contributed by atoms with van der Waals surface area (Å²) in [5.41, 5.74) is 3.56. The smallest absolute Gasteiger partial charge is 0.253 e. The number of hydrogen-bond donors (Lipinski definition) is 0. The molecule has 146 valence electrons. The molecule has 0 aliphatic heterocycles.